The first-order valence-electron chi connectivity index (χ1n) is 6.91. The van der Waals surface area contributed by atoms with Crippen molar-refractivity contribution in [1.82, 2.24) is 10.2 Å². The number of hydrogen-bond donors (Lipinski definition) is 1. The number of halogens is 1. The molecule has 0 aromatic heterocycles. The van der Waals surface area contributed by atoms with Gasteiger partial charge in [0.2, 0.25) is 0 Å². The van der Waals surface area contributed by atoms with Crippen molar-refractivity contribution in [2.45, 2.75) is 19.8 Å². The highest BCUT2D eigenvalue weighted by Gasteiger charge is 2.12. The van der Waals surface area contributed by atoms with E-state index in [1.165, 1.54) is 12.5 Å². The average molecular weight is 250 g/mol. The Balaban J connectivity index is 1.84. The van der Waals surface area contributed by atoms with Crippen molar-refractivity contribution in [2.75, 3.05) is 32.7 Å². The van der Waals surface area contributed by atoms with E-state index in [1.54, 1.807) is 12.1 Å². The average Bonchev–Trinajstić information content (AvgIpc) is 2.32. The lowest BCUT2D eigenvalue weighted by Gasteiger charge is -2.28. The zero-order valence-corrected chi connectivity index (χ0v) is 11.2. The molecule has 0 spiro atoms. The molecule has 0 amide bonds. The molecule has 0 saturated carbocycles. The molecule has 1 aliphatic heterocycles. The summed E-state index contributed by atoms with van der Waals surface area (Å²) in [5.74, 6) is 0.565. The summed E-state index contributed by atoms with van der Waals surface area (Å²) in [5, 5.41) is 3.46. The summed E-state index contributed by atoms with van der Waals surface area (Å²) in [4.78, 5) is 2.51. The number of rotatable bonds is 3. The van der Waals surface area contributed by atoms with Crippen LogP contribution in [0.25, 0.3) is 0 Å². The van der Waals surface area contributed by atoms with Crippen LogP contribution in [0.4, 0.5) is 4.39 Å². The quantitative estimate of drug-likeness (QED) is 0.885. The molecule has 2 nitrogen and oxygen atoms in total. The van der Waals surface area contributed by atoms with E-state index in [1.807, 2.05) is 6.07 Å². The van der Waals surface area contributed by atoms with E-state index in [2.05, 4.69) is 17.1 Å². The van der Waals surface area contributed by atoms with Crippen molar-refractivity contribution in [2.24, 2.45) is 5.92 Å². The number of benzene rings is 1. The smallest absolute Gasteiger partial charge is 0.123 e. The summed E-state index contributed by atoms with van der Waals surface area (Å²) in [6, 6.07) is 6.96. The highest BCUT2D eigenvalue weighted by molar-refractivity contribution is 5.16. The molecule has 1 aromatic rings. The van der Waals surface area contributed by atoms with Gasteiger partial charge in [0.25, 0.3) is 0 Å². The summed E-state index contributed by atoms with van der Waals surface area (Å²) in [6.45, 7) is 7.83. The summed E-state index contributed by atoms with van der Waals surface area (Å²) >= 11 is 0. The van der Waals surface area contributed by atoms with Crippen LogP contribution >= 0.6 is 0 Å². The fourth-order valence-corrected chi connectivity index (χ4v) is 2.56. The lowest BCUT2D eigenvalue weighted by atomic mass is 10.1. The Morgan fingerprint density at radius 3 is 3.17 bits per heavy atom. The van der Waals surface area contributed by atoms with Crippen molar-refractivity contribution in [3.05, 3.63) is 35.6 Å². The van der Waals surface area contributed by atoms with Gasteiger partial charge in [0.15, 0.2) is 0 Å². The molecule has 1 atom stereocenters. The Morgan fingerprint density at radius 1 is 1.44 bits per heavy atom. The van der Waals surface area contributed by atoms with Crippen LogP contribution in [0.5, 0.6) is 0 Å². The van der Waals surface area contributed by atoms with E-state index in [-0.39, 0.29) is 5.82 Å². The first kappa shape index (κ1) is 13.5. The third-order valence-electron chi connectivity index (χ3n) is 3.50. The molecule has 1 saturated heterocycles. The second kappa shape index (κ2) is 6.86. The van der Waals surface area contributed by atoms with E-state index in [4.69, 9.17) is 0 Å². The van der Waals surface area contributed by atoms with Crippen molar-refractivity contribution in [3.8, 4) is 0 Å². The van der Waals surface area contributed by atoms with Crippen LogP contribution in [0.15, 0.2) is 24.3 Å². The monoisotopic (exact) mass is 250 g/mol. The zero-order valence-electron chi connectivity index (χ0n) is 11.2. The molecule has 1 aromatic carbocycles. The Hall–Kier alpha value is -0.930. The second-order valence-corrected chi connectivity index (χ2v) is 5.34. The SMILES string of the molecule is CC1CNCCCN(CCc2cccc(F)c2)C1. The molecule has 1 heterocycles. The van der Waals surface area contributed by atoms with Crippen molar-refractivity contribution < 1.29 is 4.39 Å². The van der Waals surface area contributed by atoms with Crippen LogP contribution < -0.4 is 5.32 Å². The van der Waals surface area contributed by atoms with Crippen molar-refractivity contribution in [1.29, 1.82) is 0 Å². The second-order valence-electron chi connectivity index (χ2n) is 5.34. The summed E-state index contributed by atoms with van der Waals surface area (Å²) in [7, 11) is 0. The first-order valence-corrected chi connectivity index (χ1v) is 6.91. The molecule has 100 valence electrons. The molecular weight excluding hydrogens is 227 g/mol. The van der Waals surface area contributed by atoms with Gasteiger partial charge in [-0.05, 0) is 56.1 Å². The van der Waals surface area contributed by atoms with E-state index in [0.29, 0.717) is 5.92 Å². The first-order chi connectivity index (χ1) is 8.74. The van der Waals surface area contributed by atoms with Crippen molar-refractivity contribution in [3.63, 3.8) is 0 Å². The number of hydrogen-bond acceptors (Lipinski definition) is 2. The van der Waals surface area contributed by atoms with Gasteiger partial charge < -0.3 is 10.2 Å². The van der Waals surface area contributed by atoms with Crippen LogP contribution in [0.2, 0.25) is 0 Å². The molecule has 0 radical (unpaired) electrons. The lowest BCUT2D eigenvalue weighted by Crippen LogP contribution is -2.39. The number of nitrogens with one attached hydrogen (secondary N) is 1. The maximum absolute atomic E-state index is 13.1. The van der Waals surface area contributed by atoms with Crippen LogP contribution in [-0.2, 0) is 6.42 Å². The molecule has 0 bridgehead atoms. The van der Waals surface area contributed by atoms with Gasteiger partial charge in [-0.3, -0.25) is 0 Å². The van der Waals surface area contributed by atoms with Crippen LogP contribution in [0.3, 0.4) is 0 Å². The van der Waals surface area contributed by atoms with Gasteiger partial charge >= 0.3 is 0 Å². The predicted octanol–water partition coefficient (Wildman–Crippen LogP) is 2.30. The molecule has 2 rings (SSSR count). The van der Waals surface area contributed by atoms with E-state index < -0.39 is 0 Å². The third-order valence-corrected chi connectivity index (χ3v) is 3.50. The maximum atomic E-state index is 13.1. The maximum Gasteiger partial charge on any atom is 0.123 e. The van der Waals surface area contributed by atoms with Crippen molar-refractivity contribution >= 4 is 0 Å². The molecular formula is C15H23FN2. The number of nitrogens with zero attached hydrogens (tertiary/aromatic N) is 1. The molecule has 3 heteroatoms. The standard InChI is InChI=1S/C15H23FN2/c1-13-11-17-7-3-8-18(12-13)9-6-14-4-2-5-15(16)10-14/h2,4-5,10,13,17H,3,6-9,11-12H2,1H3. The van der Waals surface area contributed by atoms with Gasteiger partial charge in [0.05, 0.1) is 0 Å². The van der Waals surface area contributed by atoms with Crippen LogP contribution in [-0.4, -0.2) is 37.6 Å². The summed E-state index contributed by atoms with van der Waals surface area (Å²) < 4.78 is 13.1. The molecule has 1 N–H and O–H groups in total. The topological polar surface area (TPSA) is 15.3 Å². The van der Waals surface area contributed by atoms with Crippen LogP contribution in [0, 0.1) is 11.7 Å². The van der Waals surface area contributed by atoms with E-state index in [9.17, 15) is 4.39 Å². The van der Waals surface area contributed by atoms with Gasteiger partial charge in [0.1, 0.15) is 5.82 Å². The van der Waals surface area contributed by atoms with E-state index in [0.717, 1.165) is 44.7 Å². The van der Waals surface area contributed by atoms with Gasteiger partial charge in [-0.15, -0.1) is 0 Å². The summed E-state index contributed by atoms with van der Waals surface area (Å²) in [6.07, 6.45) is 2.15. The summed E-state index contributed by atoms with van der Waals surface area (Å²) in [5.41, 5.74) is 1.10. The minimum absolute atomic E-state index is 0.127. The molecule has 18 heavy (non-hydrogen) atoms. The third kappa shape index (κ3) is 4.39. The Bertz CT molecular complexity index is 367. The van der Waals surface area contributed by atoms with Crippen LogP contribution in [0.1, 0.15) is 18.9 Å². The normalized spacial score (nSPS) is 22.4. The molecule has 1 aliphatic rings. The van der Waals surface area contributed by atoms with Gasteiger partial charge in [0, 0.05) is 13.1 Å². The molecule has 1 fully saturated rings. The largest absolute Gasteiger partial charge is 0.316 e. The Kier molecular flexibility index (Phi) is 5.14. The predicted molar refractivity (Wildman–Crippen MR) is 73.2 cm³/mol. The van der Waals surface area contributed by atoms with E-state index >= 15 is 0 Å². The lowest BCUT2D eigenvalue weighted by molar-refractivity contribution is 0.218. The van der Waals surface area contributed by atoms with Gasteiger partial charge in [-0.2, -0.15) is 0 Å². The fourth-order valence-electron chi connectivity index (χ4n) is 2.56. The zero-order chi connectivity index (χ0) is 12.8. The minimum Gasteiger partial charge on any atom is -0.316 e. The van der Waals surface area contributed by atoms with Gasteiger partial charge in [-0.25, -0.2) is 4.39 Å². The molecule has 0 aliphatic carbocycles. The Labute approximate surface area is 109 Å². The Morgan fingerprint density at radius 2 is 2.33 bits per heavy atom. The highest BCUT2D eigenvalue weighted by atomic mass is 19.1. The highest BCUT2D eigenvalue weighted by Crippen LogP contribution is 2.08. The fraction of sp³-hybridized carbons (Fsp3) is 0.600. The minimum atomic E-state index is -0.127. The van der Waals surface area contributed by atoms with Gasteiger partial charge in [-0.1, -0.05) is 19.1 Å². The molecule has 1 unspecified atom stereocenters.